The average molecular weight is 146 g/mol. The lowest BCUT2D eigenvalue weighted by molar-refractivity contribution is -0.170. The second-order valence-electron chi connectivity index (χ2n) is 2.37. The Bertz CT molecular complexity index is 425. The Kier molecular flexibility index (Phi) is 1.25. The summed E-state index contributed by atoms with van der Waals surface area (Å²) in [5.41, 5.74) is 0.826. The monoisotopic (exact) mass is 146 g/mol. The van der Waals surface area contributed by atoms with Crippen LogP contribution in [0.15, 0.2) is 41.0 Å². The molecule has 2 rings (SSSR count). The number of para-hydroxylation sites is 1. The predicted molar refractivity (Wildman–Crippen MR) is 41.3 cm³/mol. The Morgan fingerprint density at radius 1 is 1.09 bits per heavy atom. The second kappa shape index (κ2) is 2.23. The molecule has 0 aliphatic carbocycles. The molecule has 0 saturated heterocycles. The second-order valence-corrected chi connectivity index (χ2v) is 2.37. The van der Waals surface area contributed by atoms with E-state index in [0.717, 1.165) is 16.3 Å². The van der Waals surface area contributed by atoms with Gasteiger partial charge >= 0.3 is 0 Å². The van der Waals surface area contributed by atoms with Crippen molar-refractivity contribution < 1.29 is 9.83 Å². The third kappa shape index (κ3) is 0.923. The molecule has 0 spiro atoms. The molecule has 54 valence electrons. The molecule has 0 fully saturated rings. The highest BCUT2D eigenvalue weighted by molar-refractivity contribution is 5.74. The fourth-order valence-corrected chi connectivity index (χ4v) is 1.08. The molecule has 0 aliphatic rings. The van der Waals surface area contributed by atoms with Crippen molar-refractivity contribution >= 4 is 11.0 Å². The maximum absolute atomic E-state index is 5.70. The zero-order valence-electron chi connectivity index (χ0n) is 5.95. The van der Waals surface area contributed by atoms with Crippen LogP contribution in [0, 0.1) is 0 Å². The van der Waals surface area contributed by atoms with E-state index in [2.05, 4.69) is 0 Å². The minimum absolute atomic E-state index is 0.756. The van der Waals surface area contributed by atoms with Crippen LogP contribution in [0.1, 0.15) is 0 Å². The van der Waals surface area contributed by atoms with Crippen molar-refractivity contribution in [2.24, 2.45) is 0 Å². The van der Waals surface area contributed by atoms with Gasteiger partial charge in [0.1, 0.15) is 5.58 Å². The lowest BCUT2D eigenvalue weighted by Gasteiger charge is -1.90. The van der Waals surface area contributed by atoms with Gasteiger partial charge in [-0.1, -0.05) is 12.1 Å². The maximum Gasteiger partial charge on any atom is 0.210 e. The first-order valence-corrected chi connectivity index (χ1v) is 3.43. The first-order valence-electron chi connectivity index (χ1n) is 3.43. The van der Waals surface area contributed by atoms with E-state index < -0.39 is 0 Å². The fourth-order valence-electron chi connectivity index (χ4n) is 1.08. The molecule has 2 aromatic rings. The third-order valence-corrected chi connectivity index (χ3v) is 1.64. The Balaban J connectivity index is 3.03. The van der Waals surface area contributed by atoms with E-state index in [1.165, 1.54) is 0 Å². The molecule has 0 atom stereocenters. The standard InChI is InChI=1S/C9H7NO/c10-8-5-6-11-9-4-2-1-3-7(8)9/h1-6,10H/p+1. The molecule has 0 aliphatic heterocycles. The lowest BCUT2D eigenvalue weighted by atomic mass is 10.2. The third-order valence-electron chi connectivity index (χ3n) is 1.64. The Hall–Kier alpha value is -1.57. The normalized spacial score (nSPS) is 10.2. The zero-order chi connectivity index (χ0) is 7.68. The van der Waals surface area contributed by atoms with E-state index in [1.807, 2.05) is 24.3 Å². The average Bonchev–Trinajstić information content (AvgIpc) is 2.06. The van der Waals surface area contributed by atoms with Crippen LogP contribution in [0.2, 0.25) is 0 Å². The lowest BCUT2D eigenvalue weighted by Crippen LogP contribution is -2.44. The van der Waals surface area contributed by atoms with Crippen molar-refractivity contribution in [3.05, 3.63) is 42.0 Å². The highest BCUT2D eigenvalue weighted by Crippen LogP contribution is 2.06. The summed E-state index contributed by atoms with van der Waals surface area (Å²) in [4.78, 5) is 0. The highest BCUT2D eigenvalue weighted by atomic mass is 16.3. The number of rotatable bonds is 0. The van der Waals surface area contributed by atoms with Crippen LogP contribution in [0.3, 0.4) is 0 Å². The van der Waals surface area contributed by atoms with Gasteiger partial charge in [-0.3, -0.25) is 5.41 Å². The molecule has 0 saturated carbocycles. The SMILES string of the molecule is [NH2+]=c1ccoc2ccccc12. The topological polar surface area (TPSA) is 38.7 Å². The Labute approximate surface area is 63.6 Å². The van der Waals surface area contributed by atoms with Crippen molar-refractivity contribution in [2.75, 3.05) is 0 Å². The van der Waals surface area contributed by atoms with Crippen LogP contribution in [-0.2, 0) is 0 Å². The van der Waals surface area contributed by atoms with E-state index in [1.54, 1.807) is 12.3 Å². The van der Waals surface area contributed by atoms with Crippen LogP contribution < -0.4 is 10.8 Å². The van der Waals surface area contributed by atoms with E-state index in [9.17, 15) is 0 Å². The van der Waals surface area contributed by atoms with Crippen molar-refractivity contribution in [3.8, 4) is 0 Å². The molecular weight excluding hydrogens is 138 g/mol. The van der Waals surface area contributed by atoms with Crippen LogP contribution in [0.5, 0.6) is 0 Å². The summed E-state index contributed by atoms with van der Waals surface area (Å²) in [6.45, 7) is 0. The molecular formula is C9H8NO+. The van der Waals surface area contributed by atoms with Crippen molar-refractivity contribution in [2.45, 2.75) is 0 Å². The van der Waals surface area contributed by atoms with Crippen molar-refractivity contribution in [1.82, 2.24) is 0 Å². The molecule has 0 radical (unpaired) electrons. The number of fused-ring (bicyclic) bond motifs is 1. The molecule has 1 aromatic heterocycles. The van der Waals surface area contributed by atoms with E-state index in [-0.39, 0.29) is 0 Å². The largest absolute Gasteiger partial charge is 0.464 e. The summed E-state index contributed by atoms with van der Waals surface area (Å²) < 4.78 is 5.21. The van der Waals surface area contributed by atoms with Crippen LogP contribution in [0.4, 0.5) is 0 Å². The van der Waals surface area contributed by atoms with Gasteiger partial charge in [0.25, 0.3) is 0 Å². The van der Waals surface area contributed by atoms with Gasteiger partial charge in [0.2, 0.25) is 5.36 Å². The molecule has 2 heteroatoms. The van der Waals surface area contributed by atoms with E-state index >= 15 is 0 Å². The first kappa shape index (κ1) is 6.16. The van der Waals surface area contributed by atoms with Gasteiger partial charge in [-0.2, -0.15) is 0 Å². The highest BCUT2D eigenvalue weighted by Gasteiger charge is 1.96. The molecule has 2 nitrogen and oxygen atoms in total. The molecule has 0 bridgehead atoms. The summed E-state index contributed by atoms with van der Waals surface area (Å²) in [5.74, 6) is 0. The van der Waals surface area contributed by atoms with Gasteiger partial charge in [-0.05, 0) is 12.1 Å². The van der Waals surface area contributed by atoms with Crippen LogP contribution >= 0.6 is 0 Å². The molecule has 0 unspecified atom stereocenters. The van der Waals surface area contributed by atoms with Gasteiger partial charge in [0, 0.05) is 6.07 Å². The fraction of sp³-hybridized carbons (Fsp3) is 0. The first-order chi connectivity index (χ1) is 5.38. The minimum atomic E-state index is 0.756. The Morgan fingerprint density at radius 3 is 2.73 bits per heavy atom. The summed E-state index contributed by atoms with van der Waals surface area (Å²) in [5, 5.41) is 7.42. The quantitative estimate of drug-likeness (QED) is 0.562. The smallest absolute Gasteiger partial charge is 0.210 e. The number of benzene rings is 1. The van der Waals surface area contributed by atoms with Crippen LogP contribution in [-0.4, -0.2) is 0 Å². The zero-order valence-corrected chi connectivity index (χ0v) is 5.95. The number of nitrogens with two attached hydrogens (primary N) is 1. The predicted octanol–water partition coefficient (Wildman–Crippen LogP) is 0.0926. The minimum Gasteiger partial charge on any atom is -0.464 e. The van der Waals surface area contributed by atoms with Gasteiger partial charge in [0.15, 0.2) is 0 Å². The van der Waals surface area contributed by atoms with Gasteiger partial charge in [-0.15, -0.1) is 0 Å². The van der Waals surface area contributed by atoms with Gasteiger partial charge in [0.05, 0.1) is 11.6 Å². The molecule has 2 N–H and O–H groups in total. The summed E-state index contributed by atoms with van der Waals surface area (Å²) in [6.07, 6.45) is 1.59. The Morgan fingerprint density at radius 2 is 1.91 bits per heavy atom. The van der Waals surface area contributed by atoms with Crippen molar-refractivity contribution in [3.63, 3.8) is 0 Å². The van der Waals surface area contributed by atoms with Crippen LogP contribution in [0.25, 0.3) is 11.0 Å². The molecule has 0 amide bonds. The maximum atomic E-state index is 5.70. The number of hydrogen-bond donors (Lipinski definition) is 1. The van der Waals surface area contributed by atoms with E-state index in [4.69, 9.17) is 9.83 Å². The summed E-state index contributed by atoms with van der Waals surface area (Å²) in [6, 6.07) is 9.45. The number of hydrogen-bond acceptors (Lipinski definition) is 1. The molecule has 11 heavy (non-hydrogen) atoms. The summed E-state index contributed by atoms with van der Waals surface area (Å²) >= 11 is 0. The van der Waals surface area contributed by atoms with Crippen molar-refractivity contribution in [1.29, 1.82) is 0 Å². The van der Waals surface area contributed by atoms with Gasteiger partial charge in [-0.25, -0.2) is 0 Å². The molecule has 1 aromatic carbocycles. The van der Waals surface area contributed by atoms with E-state index in [0.29, 0.717) is 0 Å². The summed E-state index contributed by atoms with van der Waals surface area (Å²) in [7, 11) is 0. The molecule has 1 heterocycles. The van der Waals surface area contributed by atoms with Gasteiger partial charge < -0.3 is 4.42 Å².